The van der Waals surface area contributed by atoms with Gasteiger partial charge in [0.15, 0.2) is 5.78 Å². The van der Waals surface area contributed by atoms with Gasteiger partial charge in [0.05, 0.1) is 5.56 Å². The summed E-state index contributed by atoms with van der Waals surface area (Å²) in [5.74, 6) is 1.45. The van der Waals surface area contributed by atoms with E-state index in [4.69, 9.17) is 4.74 Å². The number of hydrogen-bond donors (Lipinski definition) is 0. The lowest BCUT2D eigenvalue weighted by Gasteiger charge is -2.09. The van der Waals surface area contributed by atoms with Crippen LogP contribution in [0.2, 0.25) is 6.32 Å². The van der Waals surface area contributed by atoms with Crippen molar-refractivity contribution in [2.75, 3.05) is 0 Å². The van der Waals surface area contributed by atoms with Gasteiger partial charge in [-0.15, -0.1) is 0 Å². The number of carbonyl (C=O) groups excluding carboxylic acids is 1. The molecule has 0 amide bonds. The Labute approximate surface area is 102 Å². The lowest BCUT2D eigenvalue weighted by atomic mass is 9.95. The second kappa shape index (κ2) is 5.35. The molecule has 0 saturated carbocycles. The topological polar surface area (TPSA) is 26.3 Å². The quantitative estimate of drug-likeness (QED) is 0.589. The zero-order valence-corrected chi connectivity index (χ0v) is 9.72. The Bertz CT molecular complexity index is 509. The van der Waals surface area contributed by atoms with Crippen LogP contribution in [0.4, 0.5) is 0 Å². The van der Waals surface area contributed by atoms with Crippen LogP contribution in [0.5, 0.6) is 11.5 Å². The van der Waals surface area contributed by atoms with Crippen LogP contribution in [0.3, 0.4) is 0 Å². The van der Waals surface area contributed by atoms with Crippen molar-refractivity contribution in [2.45, 2.75) is 6.32 Å². The number of carbonyl (C=O) groups is 1. The lowest BCUT2D eigenvalue weighted by Crippen LogP contribution is -2.00. The van der Waals surface area contributed by atoms with E-state index in [1.807, 2.05) is 56.4 Å². The maximum absolute atomic E-state index is 11.7. The van der Waals surface area contributed by atoms with Crippen LogP contribution in [0, 0.1) is 0 Å². The Morgan fingerprint density at radius 3 is 2.35 bits per heavy atom. The van der Waals surface area contributed by atoms with Gasteiger partial charge in [0.25, 0.3) is 0 Å². The second-order valence-electron chi connectivity index (χ2n) is 3.69. The van der Waals surface area contributed by atoms with Gasteiger partial charge in [-0.25, -0.2) is 0 Å². The highest BCUT2D eigenvalue weighted by Gasteiger charge is 2.10. The fourth-order valence-corrected chi connectivity index (χ4v) is 1.59. The van der Waals surface area contributed by atoms with Gasteiger partial charge in [0.1, 0.15) is 19.3 Å². The standard InChI is InChI=1S/C14H13BO2/c15-10-13(16)12-8-4-5-9-14(12)17-11-6-2-1-3-7-11/h1-9H,10,15H2. The minimum absolute atomic E-state index is 0.0940. The average molecular weight is 224 g/mol. The predicted octanol–water partition coefficient (Wildman–Crippen LogP) is 2.71. The molecule has 2 nitrogen and oxygen atoms in total. The number of Topliss-reactive ketones (excluding diaryl/α,β-unsaturated/α-hetero) is 1. The number of ether oxygens (including phenoxy) is 1. The molecule has 0 atom stereocenters. The fraction of sp³-hybridized carbons (Fsp3) is 0.0714. The van der Waals surface area contributed by atoms with Crippen molar-refractivity contribution in [3.05, 3.63) is 60.2 Å². The van der Waals surface area contributed by atoms with Crippen molar-refractivity contribution in [3.8, 4) is 11.5 Å². The van der Waals surface area contributed by atoms with Crippen molar-refractivity contribution in [3.63, 3.8) is 0 Å². The summed E-state index contributed by atoms with van der Waals surface area (Å²) in [5.41, 5.74) is 0.638. The molecule has 0 fully saturated rings. The summed E-state index contributed by atoms with van der Waals surface area (Å²) >= 11 is 0. The Morgan fingerprint density at radius 1 is 1.00 bits per heavy atom. The lowest BCUT2D eigenvalue weighted by molar-refractivity contribution is 0.101. The van der Waals surface area contributed by atoms with Gasteiger partial charge in [-0.2, -0.15) is 0 Å². The highest BCUT2D eigenvalue weighted by atomic mass is 16.5. The summed E-state index contributed by atoms with van der Waals surface area (Å²) in [6, 6.07) is 16.8. The van der Waals surface area contributed by atoms with E-state index < -0.39 is 0 Å². The van der Waals surface area contributed by atoms with Crippen LogP contribution in [-0.2, 0) is 0 Å². The summed E-state index contributed by atoms with van der Waals surface area (Å²) in [5, 5.41) is 0. The van der Waals surface area contributed by atoms with Crippen molar-refractivity contribution in [1.29, 1.82) is 0 Å². The zero-order valence-electron chi connectivity index (χ0n) is 9.72. The van der Waals surface area contributed by atoms with Crippen LogP contribution < -0.4 is 4.74 Å². The molecule has 0 spiro atoms. The van der Waals surface area contributed by atoms with Gasteiger partial charge in [0, 0.05) is 0 Å². The number of rotatable bonds is 4. The monoisotopic (exact) mass is 224 g/mol. The Morgan fingerprint density at radius 2 is 1.65 bits per heavy atom. The molecule has 3 heteroatoms. The second-order valence-corrected chi connectivity index (χ2v) is 3.69. The van der Waals surface area contributed by atoms with Crippen molar-refractivity contribution >= 4 is 13.6 Å². The minimum Gasteiger partial charge on any atom is -0.457 e. The van der Waals surface area contributed by atoms with E-state index >= 15 is 0 Å². The molecule has 2 rings (SSSR count). The first kappa shape index (κ1) is 11.5. The van der Waals surface area contributed by atoms with Crippen LogP contribution >= 0.6 is 0 Å². The normalized spacial score (nSPS) is 9.88. The molecule has 0 unspecified atom stereocenters. The summed E-state index contributed by atoms with van der Waals surface area (Å²) in [6.07, 6.45) is 0.481. The van der Waals surface area contributed by atoms with Crippen molar-refractivity contribution in [2.24, 2.45) is 0 Å². The highest BCUT2D eigenvalue weighted by Crippen LogP contribution is 2.25. The molecule has 2 aromatic carbocycles. The summed E-state index contributed by atoms with van der Waals surface area (Å²) in [6.45, 7) is 0. The summed E-state index contributed by atoms with van der Waals surface area (Å²) in [7, 11) is 1.85. The molecule has 0 bridgehead atoms. The largest absolute Gasteiger partial charge is 0.457 e. The van der Waals surface area contributed by atoms with Gasteiger partial charge < -0.3 is 4.74 Å². The third-order valence-corrected chi connectivity index (χ3v) is 2.48. The first-order valence-corrected chi connectivity index (χ1v) is 5.66. The SMILES string of the molecule is BCC(=O)c1ccccc1Oc1ccccc1. The van der Waals surface area contributed by atoms with Crippen LogP contribution in [0.1, 0.15) is 10.4 Å². The van der Waals surface area contributed by atoms with Gasteiger partial charge in [0.2, 0.25) is 0 Å². The Hall–Kier alpha value is -2.03. The molecule has 2 aromatic rings. The molecule has 0 aliphatic rings. The number of benzene rings is 2. The van der Waals surface area contributed by atoms with E-state index in [0.717, 1.165) is 5.75 Å². The molecule has 0 heterocycles. The predicted molar refractivity (Wildman–Crippen MR) is 70.6 cm³/mol. The van der Waals surface area contributed by atoms with Gasteiger partial charge in [-0.1, -0.05) is 30.3 Å². The minimum atomic E-state index is 0.0940. The molecule has 0 saturated heterocycles. The average Bonchev–Trinajstić information content (AvgIpc) is 2.40. The molecule has 84 valence electrons. The van der Waals surface area contributed by atoms with Crippen LogP contribution in [0.25, 0.3) is 0 Å². The highest BCUT2D eigenvalue weighted by molar-refractivity contribution is 6.24. The van der Waals surface area contributed by atoms with E-state index in [2.05, 4.69) is 0 Å². The van der Waals surface area contributed by atoms with E-state index in [9.17, 15) is 4.79 Å². The van der Waals surface area contributed by atoms with E-state index in [1.54, 1.807) is 6.07 Å². The Balaban J connectivity index is 2.30. The van der Waals surface area contributed by atoms with E-state index in [1.165, 1.54) is 0 Å². The molecule has 0 aliphatic carbocycles. The number of ketones is 1. The zero-order chi connectivity index (χ0) is 12.1. The smallest absolute Gasteiger partial charge is 0.158 e. The maximum atomic E-state index is 11.7. The summed E-state index contributed by atoms with van der Waals surface area (Å²) < 4.78 is 5.71. The fourth-order valence-electron chi connectivity index (χ4n) is 1.59. The molecular formula is C14H13BO2. The van der Waals surface area contributed by atoms with Gasteiger partial charge >= 0.3 is 0 Å². The third-order valence-electron chi connectivity index (χ3n) is 2.48. The first-order valence-electron chi connectivity index (χ1n) is 5.66. The van der Waals surface area contributed by atoms with Crippen LogP contribution in [-0.4, -0.2) is 13.6 Å². The summed E-state index contributed by atoms with van der Waals surface area (Å²) in [4.78, 5) is 11.7. The van der Waals surface area contributed by atoms with Crippen LogP contribution in [0.15, 0.2) is 54.6 Å². The Kier molecular flexibility index (Phi) is 3.60. The first-order chi connectivity index (χ1) is 8.31. The molecule has 0 aliphatic heterocycles. The van der Waals surface area contributed by atoms with Crippen molar-refractivity contribution in [1.82, 2.24) is 0 Å². The van der Waals surface area contributed by atoms with Gasteiger partial charge in [-0.05, 0) is 30.6 Å². The number of hydrogen-bond acceptors (Lipinski definition) is 2. The molecule has 17 heavy (non-hydrogen) atoms. The maximum Gasteiger partial charge on any atom is 0.158 e. The molecule has 0 radical (unpaired) electrons. The van der Waals surface area contributed by atoms with E-state index in [0.29, 0.717) is 17.6 Å². The third kappa shape index (κ3) is 2.75. The van der Waals surface area contributed by atoms with E-state index in [-0.39, 0.29) is 5.78 Å². The number of para-hydroxylation sites is 2. The van der Waals surface area contributed by atoms with Crippen molar-refractivity contribution < 1.29 is 9.53 Å². The molecular weight excluding hydrogens is 211 g/mol. The molecule has 0 N–H and O–H groups in total. The van der Waals surface area contributed by atoms with Gasteiger partial charge in [-0.3, -0.25) is 4.79 Å². The molecule has 0 aromatic heterocycles.